The SMILES string of the molecule is O=C(NCCn1ncc2c(=O)n(Cc3cccc([N+](=O)[O-])c3)cnc21)c1ccc(Br)cc1. The first-order valence-electron chi connectivity index (χ1n) is 9.60. The number of hydrogen-bond donors (Lipinski definition) is 1. The molecular formula is C21H17BrN6O4. The van der Waals surface area contributed by atoms with Crippen LogP contribution < -0.4 is 10.9 Å². The Morgan fingerprint density at radius 1 is 1.19 bits per heavy atom. The van der Waals surface area contributed by atoms with E-state index in [1.807, 2.05) is 0 Å². The number of halogens is 1. The number of amides is 1. The fourth-order valence-corrected chi connectivity index (χ4v) is 3.48. The molecule has 1 amide bonds. The van der Waals surface area contributed by atoms with Crippen LogP contribution in [-0.2, 0) is 13.1 Å². The fraction of sp³-hybridized carbons (Fsp3) is 0.143. The molecule has 2 aromatic heterocycles. The zero-order chi connectivity index (χ0) is 22.7. The second kappa shape index (κ2) is 9.10. The first kappa shape index (κ1) is 21.4. The lowest BCUT2D eigenvalue weighted by Gasteiger charge is -2.08. The van der Waals surface area contributed by atoms with Crippen LogP contribution in [0.4, 0.5) is 5.69 Å². The first-order chi connectivity index (χ1) is 15.4. The third-order valence-corrected chi connectivity index (χ3v) is 5.34. The molecule has 32 heavy (non-hydrogen) atoms. The second-order valence-corrected chi connectivity index (χ2v) is 7.89. The molecule has 2 heterocycles. The van der Waals surface area contributed by atoms with E-state index in [9.17, 15) is 19.7 Å². The molecule has 0 aliphatic heterocycles. The van der Waals surface area contributed by atoms with Gasteiger partial charge in [-0.2, -0.15) is 5.10 Å². The Morgan fingerprint density at radius 2 is 1.97 bits per heavy atom. The highest BCUT2D eigenvalue weighted by atomic mass is 79.9. The van der Waals surface area contributed by atoms with Crippen molar-refractivity contribution in [2.75, 3.05) is 6.54 Å². The minimum atomic E-state index is -0.479. The van der Waals surface area contributed by atoms with Crippen molar-refractivity contribution >= 4 is 38.6 Å². The molecular weight excluding hydrogens is 480 g/mol. The lowest BCUT2D eigenvalue weighted by molar-refractivity contribution is -0.384. The van der Waals surface area contributed by atoms with Crippen molar-refractivity contribution in [3.63, 3.8) is 0 Å². The molecule has 0 atom stereocenters. The molecule has 0 fully saturated rings. The Labute approximate surface area is 189 Å². The van der Waals surface area contributed by atoms with Crippen molar-refractivity contribution in [3.05, 3.63) is 97.1 Å². The molecule has 0 saturated carbocycles. The van der Waals surface area contributed by atoms with Gasteiger partial charge < -0.3 is 5.32 Å². The van der Waals surface area contributed by atoms with Crippen LogP contribution >= 0.6 is 15.9 Å². The van der Waals surface area contributed by atoms with Gasteiger partial charge in [-0.3, -0.25) is 24.3 Å². The number of rotatable bonds is 7. The van der Waals surface area contributed by atoms with Crippen LogP contribution in [0.5, 0.6) is 0 Å². The molecule has 0 saturated heterocycles. The zero-order valence-corrected chi connectivity index (χ0v) is 18.2. The van der Waals surface area contributed by atoms with Crippen molar-refractivity contribution in [2.24, 2.45) is 0 Å². The Balaban J connectivity index is 1.46. The lowest BCUT2D eigenvalue weighted by atomic mass is 10.2. The van der Waals surface area contributed by atoms with Crippen molar-refractivity contribution in [1.82, 2.24) is 24.6 Å². The highest BCUT2D eigenvalue weighted by molar-refractivity contribution is 9.10. The zero-order valence-electron chi connectivity index (χ0n) is 16.6. The van der Waals surface area contributed by atoms with Gasteiger partial charge in [-0.15, -0.1) is 0 Å². The largest absolute Gasteiger partial charge is 0.350 e. The average Bonchev–Trinajstić information content (AvgIpc) is 3.20. The molecule has 0 bridgehead atoms. The molecule has 0 spiro atoms. The third kappa shape index (κ3) is 4.57. The molecule has 10 nitrogen and oxygen atoms in total. The van der Waals surface area contributed by atoms with Gasteiger partial charge in [0.1, 0.15) is 11.7 Å². The van der Waals surface area contributed by atoms with Crippen molar-refractivity contribution < 1.29 is 9.72 Å². The van der Waals surface area contributed by atoms with E-state index in [1.165, 1.54) is 29.2 Å². The summed E-state index contributed by atoms with van der Waals surface area (Å²) in [5.74, 6) is -0.207. The highest BCUT2D eigenvalue weighted by Crippen LogP contribution is 2.14. The summed E-state index contributed by atoms with van der Waals surface area (Å²) in [5.41, 5.74) is 1.23. The average molecular weight is 497 g/mol. The van der Waals surface area contributed by atoms with Crippen LogP contribution in [0.1, 0.15) is 15.9 Å². The Morgan fingerprint density at radius 3 is 2.72 bits per heavy atom. The molecule has 11 heteroatoms. The number of hydrogen-bond acceptors (Lipinski definition) is 6. The van der Waals surface area contributed by atoms with Gasteiger partial charge in [-0.1, -0.05) is 28.1 Å². The van der Waals surface area contributed by atoms with Crippen LogP contribution in [0, 0.1) is 10.1 Å². The number of nitro benzene ring substituents is 1. The molecule has 162 valence electrons. The minimum Gasteiger partial charge on any atom is -0.350 e. The Hall–Kier alpha value is -3.86. The number of nitro groups is 1. The van der Waals surface area contributed by atoms with Gasteiger partial charge in [0.2, 0.25) is 0 Å². The van der Waals surface area contributed by atoms with E-state index in [2.05, 4.69) is 31.3 Å². The molecule has 0 unspecified atom stereocenters. The molecule has 4 aromatic rings. The molecule has 2 aromatic carbocycles. The van der Waals surface area contributed by atoms with Crippen molar-refractivity contribution in [3.8, 4) is 0 Å². The van der Waals surface area contributed by atoms with Gasteiger partial charge in [0.15, 0.2) is 5.65 Å². The Bertz CT molecular complexity index is 1360. The number of nitrogens with zero attached hydrogens (tertiary/aromatic N) is 5. The number of fused-ring (bicyclic) bond motifs is 1. The number of non-ortho nitro benzene ring substituents is 1. The maximum atomic E-state index is 12.8. The predicted octanol–water partition coefficient (Wildman–Crippen LogP) is 2.74. The topological polar surface area (TPSA) is 125 Å². The van der Waals surface area contributed by atoms with Gasteiger partial charge in [0, 0.05) is 28.7 Å². The standard InChI is InChI=1S/C21H17BrN6O4/c22-16-6-4-15(5-7-16)20(29)23-8-9-27-19-18(11-25-27)21(30)26(13-24-19)12-14-2-1-3-17(10-14)28(31)32/h1-7,10-11,13H,8-9,12H2,(H,23,29). The quantitative estimate of drug-likeness (QED) is 0.309. The Kier molecular flexibility index (Phi) is 6.08. The van der Waals surface area contributed by atoms with Gasteiger partial charge in [0.05, 0.1) is 24.2 Å². The van der Waals surface area contributed by atoms with E-state index in [0.29, 0.717) is 35.2 Å². The van der Waals surface area contributed by atoms with Crippen molar-refractivity contribution in [1.29, 1.82) is 0 Å². The number of benzene rings is 2. The van der Waals surface area contributed by atoms with E-state index in [1.54, 1.807) is 41.1 Å². The molecule has 1 N–H and O–H groups in total. The van der Waals surface area contributed by atoms with Crippen LogP contribution in [0.3, 0.4) is 0 Å². The summed E-state index contributed by atoms with van der Waals surface area (Å²) >= 11 is 3.33. The summed E-state index contributed by atoms with van der Waals surface area (Å²) in [6.07, 6.45) is 2.83. The van der Waals surface area contributed by atoms with Crippen LogP contribution in [-0.4, -0.2) is 36.7 Å². The van der Waals surface area contributed by atoms with E-state index in [0.717, 1.165) is 4.47 Å². The minimum absolute atomic E-state index is 0.0393. The lowest BCUT2D eigenvalue weighted by Crippen LogP contribution is -2.27. The number of carbonyl (C=O) groups is 1. The summed E-state index contributed by atoms with van der Waals surface area (Å²) in [7, 11) is 0. The smallest absolute Gasteiger partial charge is 0.269 e. The normalized spacial score (nSPS) is 10.9. The van der Waals surface area contributed by atoms with Crippen LogP contribution in [0.25, 0.3) is 11.0 Å². The maximum Gasteiger partial charge on any atom is 0.269 e. The number of aromatic nitrogens is 4. The van der Waals surface area contributed by atoms with Gasteiger partial charge in [-0.25, -0.2) is 9.67 Å². The van der Waals surface area contributed by atoms with Gasteiger partial charge in [-0.05, 0) is 29.8 Å². The third-order valence-electron chi connectivity index (χ3n) is 4.81. The van der Waals surface area contributed by atoms with Crippen LogP contribution in [0.2, 0.25) is 0 Å². The van der Waals surface area contributed by atoms with E-state index >= 15 is 0 Å². The summed E-state index contributed by atoms with van der Waals surface area (Å²) in [5, 5.41) is 18.3. The summed E-state index contributed by atoms with van der Waals surface area (Å²) in [6, 6.07) is 13.1. The predicted molar refractivity (Wildman–Crippen MR) is 120 cm³/mol. The maximum absolute atomic E-state index is 12.8. The second-order valence-electron chi connectivity index (χ2n) is 6.97. The molecule has 0 radical (unpaired) electrons. The molecule has 4 rings (SSSR count). The summed E-state index contributed by atoms with van der Waals surface area (Å²) < 4.78 is 3.82. The van der Waals surface area contributed by atoms with Crippen molar-refractivity contribution in [2.45, 2.75) is 13.1 Å². The number of nitrogens with one attached hydrogen (secondary N) is 1. The van der Waals surface area contributed by atoms with Crippen LogP contribution in [0.15, 0.2) is 70.3 Å². The monoisotopic (exact) mass is 496 g/mol. The highest BCUT2D eigenvalue weighted by Gasteiger charge is 2.12. The molecule has 0 aliphatic carbocycles. The van der Waals surface area contributed by atoms with Gasteiger partial charge in [0.25, 0.3) is 17.2 Å². The van der Waals surface area contributed by atoms with E-state index in [-0.39, 0.29) is 23.7 Å². The van der Waals surface area contributed by atoms with Gasteiger partial charge >= 0.3 is 0 Å². The number of carbonyl (C=O) groups excluding carboxylic acids is 1. The summed E-state index contributed by atoms with van der Waals surface area (Å²) in [4.78, 5) is 39.9. The summed E-state index contributed by atoms with van der Waals surface area (Å²) in [6.45, 7) is 0.801. The fourth-order valence-electron chi connectivity index (χ4n) is 3.22. The van der Waals surface area contributed by atoms with E-state index < -0.39 is 4.92 Å². The molecule has 0 aliphatic rings. The van der Waals surface area contributed by atoms with E-state index in [4.69, 9.17) is 0 Å². The first-order valence-corrected chi connectivity index (χ1v) is 10.4.